The Morgan fingerprint density at radius 1 is 0.925 bits per heavy atom. The molecule has 0 aliphatic rings. The summed E-state index contributed by atoms with van der Waals surface area (Å²) in [5.74, 6) is -0.130. The number of carbonyl (C=O) groups excluding carboxylic acids is 2. The van der Waals surface area contributed by atoms with Gasteiger partial charge in [0.25, 0.3) is 10.0 Å². The number of methoxy groups -OCH3 is 1. The third-order valence-corrected chi connectivity index (χ3v) is 8.12. The normalized spacial score (nSPS) is 12.3. The monoisotopic (exact) mass is 565 g/mol. The molecule has 1 atom stereocenters. The molecule has 0 saturated carbocycles. The summed E-state index contributed by atoms with van der Waals surface area (Å²) in [5, 5.41) is 2.97. The number of hydrogen-bond acceptors (Lipinski definition) is 5. The summed E-state index contributed by atoms with van der Waals surface area (Å²) >= 11 is 0. The Balaban J connectivity index is 2.05. The van der Waals surface area contributed by atoms with Gasteiger partial charge in [-0.1, -0.05) is 55.0 Å². The van der Waals surface area contributed by atoms with Crippen LogP contribution >= 0.6 is 0 Å². The molecule has 3 aromatic rings. The minimum absolute atomic E-state index is 0.0718. The molecule has 0 radical (unpaired) electrons. The fourth-order valence-corrected chi connectivity index (χ4v) is 5.69. The maximum absolute atomic E-state index is 14.1. The van der Waals surface area contributed by atoms with Crippen LogP contribution in [0.15, 0.2) is 83.8 Å². The molecule has 0 fully saturated rings. The van der Waals surface area contributed by atoms with Crippen molar-refractivity contribution in [3.8, 4) is 5.75 Å². The number of benzene rings is 3. The summed E-state index contributed by atoms with van der Waals surface area (Å²) in [7, 11) is -2.52. The fraction of sp³-hybridized carbons (Fsp3) is 0.355. The smallest absolute Gasteiger partial charge is 0.264 e. The first-order valence-electron chi connectivity index (χ1n) is 13.2. The van der Waals surface area contributed by atoms with Gasteiger partial charge < -0.3 is 15.0 Å². The Bertz CT molecular complexity index is 1380. The van der Waals surface area contributed by atoms with Crippen LogP contribution in [0.3, 0.4) is 0 Å². The van der Waals surface area contributed by atoms with Gasteiger partial charge in [-0.3, -0.25) is 13.9 Å². The Kier molecular flexibility index (Phi) is 9.98. The summed E-state index contributed by atoms with van der Waals surface area (Å²) in [6.07, 6.45) is 0.347. The van der Waals surface area contributed by atoms with Gasteiger partial charge in [0.2, 0.25) is 11.8 Å². The van der Waals surface area contributed by atoms with Crippen LogP contribution in [0, 0.1) is 6.92 Å². The van der Waals surface area contributed by atoms with Crippen molar-refractivity contribution >= 4 is 27.5 Å². The van der Waals surface area contributed by atoms with Crippen LogP contribution in [0.2, 0.25) is 0 Å². The lowest BCUT2D eigenvalue weighted by Crippen LogP contribution is -2.55. The quantitative estimate of drug-likeness (QED) is 0.356. The highest BCUT2D eigenvalue weighted by atomic mass is 32.2. The van der Waals surface area contributed by atoms with Crippen LogP contribution in [0.25, 0.3) is 0 Å². The van der Waals surface area contributed by atoms with Gasteiger partial charge in [-0.2, -0.15) is 0 Å². The average molecular weight is 566 g/mol. The van der Waals surface area contributed by atoms with Crippen LogP contribution in [0.1, 0.15) is 45.2 Å². The molecule has 2 amide bonds. The molecule has 3 rings (SSSR count). The molecule has 40 heavy (non-hydrogen) atoms. The van der Waals surface area contributed by atoms with Gasteiger partial charge in [0.1, 0.15) is 18.3 Å². The van der Waals surface area contributed by atoms with Crippen LogP contribution in [0.4, 0.5) is 5.69 Å². The van der Waals surface area contributed by atoms with E-state index in [2.05, 4.69) is 5.32 Å². The molecule has 1 N–H and O–H groups in total. The number of anilines is 1. The van der Waals surface area contributed by atoms with Crippen molar-refractivity contribution in [2.75, 3.05) is 18.0 Å². The maximum Gasteiger partial charge on any atom is 0.264 e. The highest BCUT2D eigenvalue weighted by Gasteiger charge is 2.34. The second-order valence-corrected chi connectivity index (χ2v) is 12.6. The number of aryl methyl sites for hydroxylation is 1. The number of rotatable bonds is 11. The van der Waals surface area contributed by atoms with Crippen molar-refractivity contribution in [2.24, 2.45) is 0 Å². The molecular formula is C31H39N3O5S. The van der Waals surface area contributed by atoms with Crippen LogP contribution in [-0.4, -0.2) is 50.4 Å². The number of sulfonamides is 1. The van der Waals surface area contributed by atoms with Crippen molar-refractivity contribution in [3.05, 3.63) is 90.0 Å². The highest BCUT2D eigenvalue weighted by Crippen LogP contribution is 2.25. The standard InChI is InChI=1S/C31H39N3O5S/c1-7-28(30(36)32-31(3,4)5)33(21-24-15-19-26(39-6)20-16-24)29(35)22-34(25-17-13-23(2)14-18-25)40(37,38)27-11-9-8-10-12-27/h8-20,28H,7,21-22H2,1-6H3,(H,32,36)/t28-/m1/s1. The number of carbonyl (C=O) groups is 2. The predicted octanol–water partition coefficient (Wildman–Crippen LogP) is 4.92. The molecule has 3 aromatic carbocycles. The highest BCUT2D eigenvalue weighted by molar-refractivity contribution is 7.92. The molecule has 0 aliphatic carbocycles. The minimum atomic E-state index is -4.09. The first-order valence-corrected chi connectivity index (χ1v) is 14.7. The Morgan fingerprint density at radius 3 is 2.05 bits per heavy atom. The van der Waals surface area contributed by atoms with Gasteiger partial charge in [0.15, 0.2) is 0 Å². The van der Waals surface area contributed by atoms with E-state index in [0.717, 1.165) is 15.4 Å². The summed E-state index contributed by atoms with van der Waals surface area (Å²) in [6, 6.07) is 21.4. The zero-order chi connectivity index (χ0) is 29.5. The van der Waals surface area contributed by atoms with Crippen molar-refractivity contribution in [2.45, 2.75) is 64.1 Å². The molecule has 8 nitrogen and oxygen atoms in total. The first-order chi connectivity index (χ1) is 18.9. The van der Waals surface area contributed by atoms with Gasteiger partial charge in [0, 0.05) is 12.1 Å². The zero-order valence-corrected chi connectivity index (χ0v) is 24.9. The molecule has 0 spiro atoms. The summed E-state index contributed by atoms with van der Waals surface area (Å²) in [4.78, 5) is 29.0. The number of amides is 2. The number of hydrogen-bond donors (Lipinski definition) is 1. The summed E-state index contributed by atoms with van der Waals surface area (Å²) in [6.45, 7) is 9.00. The fourth-order valence-electron chi connectivity index (χ4n) is 4.26. The van der Waals surface area contributed by atoms with Crippen LogP contribution < -0.4 is 14.4 Å². The maximum atomic E-state index is 14.1. The molecule has 0 bridgehead atoms. The molecular weight excluding hydrogens is 526 g/mol. The van der Waals surface area contributed by atoms with Gasteiger partial charge in [0.05, 0.1) is 17.7 Å². The number of nitrogens with zero attached hydrogens (tertiary/aromatic N) is 2. The second kappa shape index (κ2) is 13.0. The third-order valence-electron chi connectivity index (χ3n) is 6.33. The van der Waals surface area contributed by atoms with E-state index in [-0.39, 0.29) is 17.3 Å². The molecule has 214 valence electrons. The molecule has 0 aromatic heterocycles. The summed E-state index contributed by atoms with van der Waals surface area (Å²) < 4.78 is 34.0. The molecule has 0 unspecified atom stereocenters. The van der Waals surface area contributed by atoms with E-state index in [0.29, 0.717) is 17.9 Å². The molecule has 0 aliphatic heterocycles. The van der Waals surface area contributed by atoms with Gasteiger partial charge in [-0.15, -0.1) is 0 Å². The summed E-state index contributed by atoms with van der Waals surface area (Å²) in [5.41, 5.74) is 1.59. The SMILES string of the molecule is CC[C@H](C(=O)NC(C)(C)C)N(Cc1ccc(OC)cc1)C(=O)CN(c1ccc(C)cc1)S(=O)(=O)c1ccccc1. The van der Waals surface area contributed by atoms with Crippen molar-refractivity contribution < 1.29 is 22.7 Å². The van der Waals surface area contributed by atoms with E-state index in [4.69, 9.17) is 4.74 Å². The van der Waals surface area contributed by atoms with Gasteiger partial charge >= 0.3 is 0 Å². The van der Waals surface area contributed by atoms with Crippen LogP contribution in [-0.2, 0) is 26.2 Å². The number of ether oxygens (including phenoxy) is 1. The predicted molar refractivity (Wildman–Crippen MR) is 158 cm³/mol. The van der Waals surface area contributed by atoms with E-state index < -0.39 is 34.1 Å². The molecule has 0 heterocycles. The van der Waals surface area contributed by atoms with E-state index in [1.165, 1.54) is 17.0 Å². The van der Waals surface area contributed by atoms with E-state index in [9.17, 15) is 18.0 Å². The third kappa shape index (κ3) is 7.85. The lowest BCUT2D eigenvalue weighted by Gasteiger charge is -2.34. The zero-order valence-electron chi connectivity index (χ0n) is 24.0. The lowest BCUT2D eigenvalue weighted by molar-refractivity contribution is -0.141. The van der Waals surface area contributed by atoms with Crippen molar-refractivity contribution in [1.29, 1.82) is 0 Å². The number of nitrogens with one attached hydrogen (secondary N) is 1. The topological polar surface area (TPSA) is 96.0 Å². The molecule has 9 heteroatoms. The molecule has 0 saturated heterocycles. The first kappa shape index (κ1) is 30.7. The van der Waals surface area contributed by atoms with E-state index in [1.54, 1.807) is 61.7 Å². The Morgan fingerprint density at radius 2 is 1.52 bits per heavy atom. The Labute approximate surface area is 238 Å². The lowest BCUT2D eigenvalue weighted by atomic mass is 10.1. The van der Waals surface area contributed by atoms with Crippen molar-refractivity contribution in [1.82, 2.24) is 10.2 Å². The largest absolute Gasteiger partial charge is 0.497 e. The van der Waals surface area contributed by atoms with Crippen molar-refractivity contribution in [3.63, 3.8) is 0 Å². The average Bonchev–Trinajstić information content (AvgIpc) is 2.92. The Hall–Kier alpha value is -3.85. The minimum Gasteiger partial charge on any atom is -0.497 e. The van der Waals surface area contributed by atoms with Crippen LogP contribution in [0.5, 0.6) is 5.75 Å². The van der Waals surface area contributed by atoms with E-state index in [1.807, 2.05) is 46.8 Å². The van der Waals surface area contributed by atoms with Gasteiger partial charge in [-0.25, -0.2) is 8.42 Å². The van der Waals surface area contributed by atoms with E-state index >= 15 is 0 Å². The second-order valence-electron chi connectivity index (χ2n) is 10.7. The van der Waals surface area contributed by atoms with Gasteiger partial charge in [-0.05, 0) is 76.1 Å².